The zero-order valence-electron chi connectivity index (χ0n) is 16.9. The number of nitrogens with zero attached hydrogens (tertiary/aromatic N) is 3. The third-order valence-corrected chi connectivity index (χ3v) is 5.99. The Morgan fingerprint density at radius 2 is 2.00 bits per heavy atom. The van der Waals surface area contributed by atoms with E-state index < -0.39 is 17.8 Å². The van der Waals surface area contributed by atoms with Gasteiger partial charge in [0, 0.05) is 24.4 Å². The summed E-state index contributed by atoms with van der Waals surface area (Å²) in [4.78, 5) is 17.8. The number of hydrogen-bond acceptors (Lipinski definition) is 5. The smallest absolute Gasteiger partial charge is 0.235 e. The molecule has 1 amide bonds. The number of aliphatic hydroxyl groups excluding tert-OH is 1. The average molecular weight is 476 g/mol. The van der Waals surface area contributed by atoms with E-state index >= 15 is 0 Å². The topological polar surface area (TPSA) is 92.1 Å². The van der Waals surface area contributed by atoms with Gasteiger partial charge < -0.3 is 15.7 Å². The highest BCUT2D eigenvalue weighted by atomic mass is 35.5. The van der Waals surface area contributed by atoms with Gasteiger partial charge in [-0.15, -0.1) is 0 Å². The minimum Gasteiger partial charge on any atom is -0.396 e. The number of hydrogen-bond donors (Lipinski definition) is 3. The van der Waals surface area contributed by atoms with Gasteiger partial charge in [0.2, 0.25) is 11.9 Å². The molecule has 0 saturated carbocycles. The van der Waals surface area contributed by atoms with Crippen LogP contribution in [0.3, 0.4) is 0 Å². The Bertz CT molecular complexity index is 1170. The van der Waals surface area contributed by atoms with Gasteiger partial charge in [-0.1, -0.05) is 41.9 Å². The maximum Gasteiger partial charge on any atom is 0.235 e. The molecule has 0 spiro atoms. The summed E-state index contributed by atoms with van der Waals surface area (Å²) in [5, 5.41) is 20.2. The summed E-state index contributed by atoms with van der Waals surface area (Å²) in [5.74, 6) is -0.686. The van der Waals surface area contributed by atoms with Crippen LogP contribution in [-0.2, 0) is 11.2 Å². The summed E-state index contributed by atoms with van der Waals surface area (Å²) in [7, 11) is 0. The first-order chi connectivity index (χ1) is 15.4. The molecule has 3 aromatic rings. The van der Waals surface area contributed by atoms with Gasteiger partial charge in [0.05, 0.1) is 16.1 Å². The number of carbonyl (C=O) groups excluding carboxylic acids is 1. The Kier molecular flexibility index (Phi) is 6.45. The molecule has 1 aromatic heterocycles. The van der Waals surface area contributed by atoms with Crippen LogP contribution in [0.1, 0.15) is 23.9 Å². The van der Waals surface area contributed by atoms with Gasteiger partial charge in [-0.2, -0.15) is 10.1 Å². The highest BCUT2D eigenvalue weighted by Crippen LogP contribution is 2.42. The van der Waals surface area contributed by atoms with Crippen LogP contribution in [0.2, 0.25) is 10.0 Å². The number of amides is 1. The Labute approximate surface area is 193 Å². The van der Waals surface area contributed by atoms with Crippen LogP contribution in [0.5, 0.6) is 0 Å². The van der Waals surface area contributed by atoms with Gasteiger partial charge in [-0.25, -0.2) is 9.07 Å². The van der Waals surface area contributed by atoms with E-state index in [0.29, 0.717) is 51.6 Å². The molecule has 0 radical (unpaired) electrons. The van der Waals surface area contributed by atoms with E-state index in [4.69, 9.17) is 28.3 Å². The van der Waals surface area contributed by atoms with Gasteiger partial charge in [0.15, 0.2) is 5.82 Å². The minimum atomic E-state index is -0.823. The van der Waals surface area contributed by atoms with Crippen LogP contribution < -0.4 is 10.6 Å². The fraction of sp³-hybridized carbons (Fsp3) is 0.227. The van der Waals surface area contributed by atoms with E-state index in [1.165, 1.54) is 24.3 Å². The molecule has 2 heterocycles. The van der Waals surface area contributed by atoms with Gasteiger partial charge >= 0.3 is 0 Å². The second-order valence-corrected chi connectivity index (χ2v) is 8.12. The third-order valence-electron chi connectivity index (χ3n) is 5.15. The standard InChI is InChI=1S/C22H20Cl2FN5O2/c1-12-18(21(32)27-14-9-7-13(25)8-10-14)20(15-4-2-5-16(23)19(15)24)30-22(26-12)28-17(29-30)6-3-11-31/h2,4-5,7-10,18,20,31H,1,3,6,11H2,(H,27,32)(H,26,28,29)/t18-,20+/m0/s1. The fourth-order valence-electron chi connectivity index (χ4n) is 3.66. The number of aliphatic hydroxyl groups is 1. The normalized spacial score (nSPS) is 17.6. The molecule has 0 bridgehead atoms. The molecule has 4 rings (SSSR count). The van der Waals surface area contributed by atoms with E-state index in [0.717, 1.165) is 0 Å². The van der Waals surface area contributed by atoms with Crippen LogP contribution in [0, 0.1) is 11.7 Å². The first-order valence-corrected chi connectivity index (χ1v) is 10.7. The van der Waals surface area contributed by atoms with E-state index in [-0.39, 0.29) is 12.5 Å². The molecular weight excluding hydrogens is 456 g/mol. The summed E-state index contributed by atoms with van der Waals surface area (Å²) in [6.07, 6.45) is 0.967. The number of fused-ring (bicyclic) bond motifs is 1. The molecule has 10 heteroatoms. The first kappa shape index (κ1) is 22.3. The maximum absolute atomic E-state index is 13.4. The van der Waals surface area contributed by atoms with Crippen LogP contribution in [0.15, 0.2) is 54.7 Å². The van der Waals surface area contributed by atoms with Crippen molar-refractivity contribution in [2.24, 2.45) is 5.92 Å². The number of benzene rings is 2. The number of carbonyl (C=O) groups is 1. The second-order valence-electron chi connectivity index (χ2n) is 7.34. The maximum atomic E-state index is 13.4. The van der Waals surface area contributed by atoms with E-state index in [1.807, 2.05) is 0 Å². The number of aryl methyl sites for hydroxylation is 1. The zero-order chi connectivity index (χ0) is 22.8. The average Bonchev–Trinajstić information content (AvgIpc) is 3.17. The van der Waals surface area contributed by atoms with Gasteiger partial charge in [-0.3, -0.25) is 4.79 Å². The number of aromatic nitrogens is 3. The lowest BCUT2D eigenvalue weighted by atomic mass is 9.88. The molecular formula is C22H20Cl2FN5O2. The highest BCUT2D eigenvalue weighted by Gasteiger charge is 2.41. The zero-order valence-corrected chi connectivity index (χ0v) is 18.4. The van der Waals surface area contributed by atoms with Crippen LogP contribution in [0.4, 0.5) is 16.0 Å². The number of anilines is 2. The Hall–Kier alpha value is -2.94. The van der Waals surface area contributed by atoms with Gasteiger partial charge in [0.1, 0.15) is 11.7 Å². The minimum absolute atomic E-state index is 0.0102. The van der Waals surface area contributed by atoms with Crippen molar-refractivity contribution < 1.29 is 14.3 Å². The van der Waals surface area contributed by atoms with Crippen molar-refractivity contribution in [3.8, 4) is 0 Å². The largest absolute Gasteiger partial charge is 0.396 e. The van der Waals surface area contributed by atoms with Crippen LogP contribution in [0.25, 0.3) is 0 Å². The molecule has 2 aromatic carbocycles. The van der Waals surface area contributed by atoms with Crippen LogP contribution >= 0.6 is 23.2 Å². The molecule has 0 saturated heterocycles. The molecule has 2 atom stereocenters. The lowest BCUT2D eigenvalue weighted by Crippen LogP contribution is -2.39. The molecule has 1 aliphatic rings. The van der Waals surface area contributed by atoms with Crippen molar-refractivity contribution in [1.82, 2.24) is 14.8 Å². The monoisotopic (exact) mass is 475 g/mol. The van der Waals surface area contributed by atoms with Crippen molar-refractivity contribution in [1.29, 1.82) is 0 Å². The Morgan fingerprint density at radius 3 is 2.72 bits per heavy atom. The quantitative estimate of drug-likeness (QED) is 0.490. The summed E-state index contributed by atoms with van der Waals surface area (Å²) >= 11 is 12.8. The van der Waals surface area contributed by atoms with Crippen LogP contribution in [-0.4, -0.2) is 32.4 Å². The summed E-state index contributed by atoms with van der Waals surface area (Å²) in [5.41, 5.74) is 1.42. The van der Waals surface area contributed by atoms with Crippen molar-refractivity contribution in [3.63, 3.8) is 0 Å². The fourth-order valence-corrected chi connectivity index (χ4v) is 4.08. The van der Waals surface area contributed by atoms with Crippen molar-refractivity contribution in [2.75, 3.05) is 17.2 Å². The predicted octanol–water partition coefficient (Wildman–Crippen LogP) is 4.43. The number of halogens is 3. The SMILES string of the molecule is C=C1Nc2nc(CCCO)nn2[C@H](c2cccc(Cl)c2Cl)[C@H]1C(=O)Nc1ccc(F)cc1. The first-order valence-electron chi connectivity index (χ1n) is 9.91. The molecule has 0 unspecified atom stereocenters. The number of rotatable bonds is 6. The lowest BCUT2D eigenvalue weighted by Gasteiger charge is -2.34. The lowest BCUT2D eigenvalue weighted by molar-refractivity contribution is -0.119. The predicted molar refractivity (Wildman–Crippen MR) is 121 cm³/mol. The third kappa shape index (κ3) is 4.34. The molecule has 32 heavy (non-hydrogen) atoms. The van der Waals surface area contributed by atoms with E-state index in [2.05, 4.69) is 27.3 Å². The van der Waals surface area contributed by atoms with Gasteiger partial charge in [-0.05, 0) is 42.3 Å². The summed E-state index contributed by atoms with van der Waals surface area (Å²) in [6.45, 7) is 4.05. The number of nitrogens with one attached hydrogen (secondary N) is 2. The molecule has 7 nitrogen and oxygen atoms in total. The molecule has 0 aliphatic carbocycles. The molecule has 3 N–H and O–H groups in total. The van der Waals surface area contributed by atoms with Crippen molar-refractivity contribution >= 4 is 40.7 Å². The second kappa shape index (κ2) is 9.28. The van der Waals surface area contributed by atoms with Crippen molar-refractivity contribution in [2.45, 2.75) is 18.9 Å². The highest BCUT2D eigenvalue weighted by molar-refractivity contribution is 6.42. The summed E-state index contributed by atoms with van der Waals surface area (Å²) < 4.78 is 14.9. The molecule has 1 aliphatic heterocycles. The molecule has 0 fully saturated rings. The molecule has 166 valence electrons. The Balaban J connectivity index is 1.77. The van der Waals surface area contributed by atoms with Gasteiger partial charge in [0.25, 0.3) is 0 Å². The summed E-state index contributed by atoms with van der Waals surface area (Å²) in [6, 6.07) is 9.96. The van der Waals surface area contributed by atoms with E-state index in [9.17, 15) is 9.18 Å². The Morgan fingerprint density at radius 1 is 1.25 bits per heavy atom. The van der Waals surface area contributed by atoms with E-state index in [1.54, 1.807) is 22.9 Å². The van der Waals surface area contributed by atoms with Crippen molar-refractivity contribution in [3.05, 3.63) is 82.0 Å².